The van der Waals surface area contributed by atoms with E-state index in [-0.39, 0.29) is 18.4 Å². The highest BCUT2D eigenvalue weighted by Gasteiger charge is 2.30. The van der Waals surface area contributed by atoms with Gasteiger partial charge < -0.3 is 14.4 Å². The van der Waals surface area contributed by atoms with Gasteiger partial charge in [-0.15, -0.1) is 0 Å². The predicted octanol–water partition coefficient (Wildman–Crippen LogP) is 4.06. The summed E-state index contributed by atoms with van der Waals surface area (Å²) in [5.41, 5.74) is 4.33. The van der Waals surface area contributed by atoms with E-state index in [4.69, 9.17) is 9.47 Å². The molecule has 0 fully saturated rings. The summed E-state index contributed by atoms with van der Waals surface area (Å²) in [4.78, 5) is 33.7. The van der Waals surface area contributed by atoms with E-state index < -0.39 is 0 Å². The van der Waals surface area contributed by atoms with Crippen molar-refractivity contribution >= 4 is 17.6 Å². The molecule has 0 atom stereocenters. The van der Waals surface area contributed by atoms with Crippen LogP contribution in [0.4, 0.5) is 5.82 Å². The van der Waals surface area contributed by atoms with E-state index in [2.05, 4.69) is 11.1 Å². The predicted molar refractivity (Wildman–Crippen MR) is 128 cm³/mol. The molecule has 0 spiro atoms. The maximum Gasteiger partial charge on any atom is 0.243 e. The number of pyridine rings is 1. The third kappa shape index (κ3) is 4.46. The molecule has 0 bridgehead atoms. The van der Waals surface area contributed by atoms with Crippen LogP contribution in [0.2, 0.25) is 0 Å². The van der Waals surface area contributed by atoms with Crippen molar-refractivity contribution in [3.05, 3.63) is 77.0 Å². The van der Waals surface area contributed by atoms with E-state index in [0.29, 0.717) is 37.5 Å². The lowest BCUT2D eigenvalue weighted by Crippen LogP contribution is -2.46. The minimum atomic E-state index is -0.0865. The van der Waals surface area contributed by atoms with Gasteiger partial charge in [0.25, 0.3) is 0 Å². The molecule has 2 aromatic carbocycles. The van der Waals surface area contributed by atoms with Crippen LogP contribution in [-0.4, -0.2) is 41.9 Å². The monoisotopic (exact) mass is 457 g/mol. The molecule has 0 radical (unpaired) electrons. The van der Waals surface area contributed by atoms with Crippen molar-refractivity contribution < 1.29 is 19.1 Å². The molecule has 3 heterocycles. The van der Waals surface area contributed by atoms with Gasteiger partial charge in [-0.1, -0.05) is 18.2 Å². The molecular formula is C27H27N3O4. The Kier molecular flexibility index (Phi) is 5.92. The van der Waals surface area contributed by atoms with Gasteiger partial charge in [0.1, 0.15) is 29.6 Å². The number of amides is 2. The van der Waals surface area contributed by atoms with Gasteiger partial charge in [-0.2, -0.15) is 0 Å². The normalized spacial score (nSPS) is 14.9. The number of aryl methyl sites for hydroxylation is 2. The second kappa shape index (κ2) is 9.17. The number of aromatic nitrogens is 1. The Bertz CT molecular complexity index is 1260. The summed E-state index contributed by atoms with van der Waals surface area (Å²) in [6.07, 6.45) is 3.32. The van der Waals surface area contributed by atoms with Crippen molar-refractivity contribution in [1.29, 1.82) is 0 Å². The topological polar surface area (TPSA) is 72.0 Å². The quantitative estimate of drug-likeness (QED) is 0.578. The molecule has 2 aliphatic rings. The van der Waals surface area contributed by atoms with Gasteiger partial charge in [0.05, 0.1) is 13.3 Å². The third-order valence-corrected chi connectivity index (χ3v) is 6.38. The molecule has 0 unspecified atom stereocenters. The summed E-state index contributed by atoms with van der Waals surface area (Å²) >= 11 is 0. The molecular weight excluding hydrogens is 430 g/mol. The van der Waals surface area contributed by atoms with E-state index in [1.807, 2.05) is 49.4 Å². The van der Waals surface area contributed by atoms with Gasteiger partial charge in [0, 0.05) is 19.5 Å². The average molecular weight is 458 g/mol. The molecule has 0 N–H and O–H groups in total. The SMILES string of the molecule is COc1ccc2c(c1)CN(C(=O)CN1C(=O)CCc3cc(Oc4cccc(C)c4)cnc31)CC2. The lowest BCUT2D eigenvalue weighted by Gasteiger charge is -2.33. The van der Waals surface area contributed by atoms with Gasteiger partial charge in [0.15, 0.2) is 0 Å². The fourth-order valence-electron chi connectivity index (χ4n) is 4.55. The van der Waals surface area contributed by atoms with Gasteiger partial charge >= 0.3 is 0 Å². The highest BCUT2D eigenvalue weighted by Crippen LogP contribution is 2.31. The lowest BCUT2D eigenvalue weighted by atomic mass is 9.99. The van der Waals surface area contributed by atoms with Crippen molar-refractivity contribution in [2.75, 3.05) is 25.1 Å². The van der Waals surface area contributed by atoms with Crippen molar-refractivity contribution in [3.8, 4) is 17.2 Å². The number of carbonyl (C=O) groups is 2. The largest absolute Gasteiger partial charge is 0.497 e. The van der Waals surface area contributed by atoms with Gasteiger partial charge in [0.2, 0.25) is 11.8 Å². The smallest absolute Gasteiger partial charge is 0.243 e. The average Bonchev–Trinajstić information content (AvgIpc) is 2.85. The molecule has 7 heteroatoms. The first-order chi connectivity index (χ1) is 16.5. The van der Waals surface area contributed by atoms with Crippen molar-refractivity contribution in [2.24, 2.45) is 0 Å². The Labute approximate surface area is 198 Å². The van der Waals surface area contributed by atoms with Crippen LogP contribution in [0.25, 0.3) is 0 Å². The van der Waals surface area contributed by atoms with Crippen molar-refractivity contribution in [3.63, 3.8) is 0 Å². The van der Waals surface area contributed by atoms with Crippen LogP contribution in [-0.2, 0) is 29.0 Å². The Hall–Kier alpha value is -3.87. The zero-order valence-electron chi connectivity index (χ0n) is 19.4. The minimum Gasteiger partial charge on any atom is -0.497 e. The summed E-state index contributed by atoms with van der Waals surface area (Å²) in [5.74, 6) is 2.51. The fourth-order valence-corrected chi connectivity index (χ4v) is 4.55. The van der Waals surface area contributed by atoms with Crippen LogP contribution in [0, 0.1) is 6.92 Å². The van der Waals surface area contributed by atoms with Crippen LogP contribution in [0.1, 0.15) is 28.7 Å². The number of nitrogens with zero attached hydrogens (tertiary/aromatic N) is 3. The lowest BCUT2D eigenvalue weighted by molar-refractivity contribution is -0.132. The van der Waals surface area contributed by atoms with Crippen LogP contribution < -0.4 is 14.4 Å². The second-order valence-electron chi connectivity index (χ2n) is 8.75. The number of rotatable bonds is 5. The Morgan fingerprint density at radius 2 is 1.82 bits per heavy atom. The molecule has 2 amide bonds. The number of fused-ring (bicyclic) bond motifs is 2. The first-order valence-corrected chi connectivity index (χ1v) is 11.5. The number of carbonyl (C=O) groups excluding carboxylic acids is 2. The molecule has 3 aromatic rings. The number of hydrogen-bond donors (Lipinski definition) is 0. The van der Waals surface area contributed by atoms with Crippen molar-refractivity contribution in [1.82, 2.24) is 9.88 Å². The Balaban J connectivity index is 1.31. The highest BCUT2D eigenvalue weighted by atomic mass is 16.5. The van der Waals surface area contributed by atoms with Crippen LogP contribution >= 0.6 is 0 Å². The van der Waals surface area contributed by atoms with E-state index in [9.17, 15) is 9.59 Å². The number of anilines is 1. The number of methoxy groups -OCH3 is 1. The van der Waals surface area contributed by atoms with Gasteiger partial charge in [-0.05, 0) is 72.4 Å². The summed E-state index contributed by atoms with van der Waals surface area (Å²) in [6.45, 7) is 3.13. The molecule has 2 aliphatic heterocycles. The molecule has 1 aromatic heterocycles. The van der Waals surface area contributed by atoms with E-state index in [0.717, 1.165) is 34.6 Å². The highest BCUT2D eigenvalue weighted by molar-refractivity contribution is 6.00. The van der Waals surface area contributed by atoms with Crippen LogP contribution in [0.15, 0.2) is 54.7 Å². The molecule has 0 saturated heterocycles. The van der Waals surface area contributed by atoms with Crippen LogP contribution in [0.3, 0.4) is 0 Å². The molecule has 0 saturated carbocycles. The number of ether oxygens (including phenoxy) is 2. The van der Waals surface area contributed by atoms with Gasteiger partial charge in [-0.25, -0.2) is 4.98 Å². The molecule has 5 rings (SSSR count). The third-order valence-electron chi connectivity index (χ3n) is 6.38. The molecule has 7 nitrogen and oxygen atoms in total. The minimum absolute atomic E-state index is 0.0176. The maximum absolute atomic E-state index is 13.2. The molecule has 0 aliphatic carbocycles. The van der Waals surface area contributed by atoms with E-state index in [1.165, 1.54) is 10.5 Å². The zero-order chi connectivity index (χ0) is 23.7. The maximum atomic E-state index is 13.2. The van der Waals surface area contributed by atoms with Gasteiger partial charge in [-0.3, -0.25) is 14.5 Å². The zero-order valence-corrected chi connectivity index (χ0v) is 19.4. The number of benzene rings is 2. The molecule has 174 valence electrons. The fraction of sp³-hybridized carbons (Fsp3) is 0.296. The standard InChI is InChI=1S/C27H27N3O4/c1-18-4-3-5-23(12-18)34-24-13-20-7-9-25(31)30(27(20)28-15-24)17-26(32)29-11-10-19-6-8-22(33-2)14-21(19)16-29/h3-6,8,12-15H,7,9-11,16-17H2,1-2H3. The number of hydrogen-bond acceptors (Lipinski definition) is 5. The van der Waals surface area contributed by atoms with E-state index >= 15 is 0 Å². The van der Waals surface area contributed by atoms with Crippen LogP contribution in [0.5, 0.6) is 17.2 Å². The summed E-state index contributed by atoms with van der Waals surface area (Å²) in [5, 5.41) is 0. The first-order valence-electron chi connectivity index (χ1n) is 11.5. The summed E-state index contributed by atoms with van der Waals surface area (Å²) < 4.78 is 11.3. The molecule has 34 heavy (non-hydrogen) atoms. The summed E-state index contributed by atoms with van der Waals surface area (Å²) in [6, 6.07) is 15.7. The van der Waals surface area contributed by atoms with E-state index in [1.54, 1.807) is 18.2 Å². The van der Waals surface area contributed by atoms with Crippen molar-refractivity contribution in [2.45, 2.75) is 32.7 Å². The second-order valence-corrected chi connectivity index (χ2v) is 8.75. The Morgan fingerprint density at radius 3 is 2.65 bits per heavy atom. The summed E-state index contributed by atoms with van der Waals surface area (Å²) in [7, 11) is 1.64. The first kappa shape index (κ1) is 21.9. The Morgan fingerprint density at radius 1 is 0.971 bits per heavy atom.